The Morgan fingerprint density at radius 1 is 1.05 bits per heavy atom. The summed E-state index contributed by atoms with van der Waals surface area (Å²) in [6.07, 6.45) is 1.89. The molecule has 0 radical (unpaired) electrons. The summed E-state index contributed by atoms with van der Waals surface area (Å²) in [5.74, 6) is 0.579. The highest BCUT2D eigenvalue weighted by Gasteiger charge is 2.04. The van der Waals surface area contributed by atoms with E-state index >= 15 is 0 Å². The van der Waals surface area contributed by atoms with E-state index in [2.05, 4.69) is 33.4 Å². The topological polar surface area (TPSA) is 38.3 Å². The van der Waals surface area contributed by atoms with E-state index in [0.717, 1.165) is 17.3 Å². The SMILES string of the molecule is O=C(COc1ccccc1Br)NCCCc1ccccc1. The lowest BCUT2D eigenvalue weighted by atomic mass is 10.1. The zero-order valence-corrected chi connectivity index (χ0v) is 13.3. The monoisotopic (exact) mass is 347 g/mol. The molecule has 3 nitrogen and oxygen atoms in total. The summed E-state index contributed by atoms with van der Waals surface area (Å²) in [6, 6.07) is 17.7. The number of nitrogens with one attached hydrogen (secondary N) is 1. The molecule has 0 fully saturated rings. The first-order chi connectivity index (χ1) is 10.3. The molecular weight excluding hydrogens is 330 g/mol. The van der Waals surface area contributed by atoms with Crippen LogP contribution in [0.3, 0.4) is 0 Å². The van der Waals surface area contributed by atoms with Crippen molar-refractivity contribution in [1.29, 1.82) is 0 Å². The van der Waals surface area contributed by atoms with Crippen molar-refractivity contribution >= 4 is 21.8 Å². The molecule has 2 aromatic rings. The van der Waals surface area contributed by atoms with Crippen molar-refractivity contribution in [1.82, 2.24) is 5.32 Å². The molecule has 0 unspecified atom stereocenters. The smallest absolute Gasteiger partial charge is 0.257 e. The number of hydrogen-bond acceptors (Lipinski definition) is 2. The maximum atomic E-state index is 11.7. The number of amides is 1. The minimum Gasteiger partial charge on any atom is -0.483 e. The predicted octanol–water partition coefficient (Wildman–Crippen LogP) is 3.58. The average molecular weight is 348 g/mol. The average Bonchev–Trinajstić information content (AvgIpc) is 2.52. The molecule has 0 aliphatic rings. The molecule has 21 heavy (non-hydrogen) atoms. The van der Waals surface area contributed by atoms with Crippen LogP contribution in [-0.2, 0) is 11.2 Å². The second-order valence-electron chi connectivity index (χ2n) is 4.66. The molecule has 0 aliphatic heterocycles. The van der Waals surface area contributed by atoms with Crippen LogP contribution in [0.1, 0.15) is 12.0 Å². The van der Waals surface area contributed by atoms with Crippen molar-refractivity contribution in [3.63, 3.8) is 0 Å². The van der Waals surface area contributed by atoms with Gasteiger partial charge < -0.3 is 10.1 Å². The standard InChI is InChI=1S/C17H18BrNO2/c18-15-10-4-5-11-16(15)21-13-17(20)19-12-6-9-14-7-2-1-3-8-14/h1-5,7-8,10-11H,6,9,12-13H2,(H,19,20). The van der Waals surface area contributed by atoms with Crippen molar-refractivity contribution in [2.45, 2.75) is 12.8 Å². The van der Waals surface area contributed by atoms with Gasteiger partial charge in [0.15, 0.2) is 6.61 Å². The van der Waals surface area contributed by atoms with Crippen molar-refractivity contribution in [3.05, 3.63) is 64.6 Å². The van der Waals surface area contributed by atoms with E-state index in [1.165, 1.54) is 5.56 Å². The largest absolute Gasteiger partial charge is 0.483 e. The molecule has 2 aromatic carbocycles. The summed E-state index contributed by atoms with van der Waals surface area (Å²) < 4.78 is 6.30. The quantitative estimate of drug-likeness (QED) is 0.777. The van der Waals surface area contributed by atoms with Gasteiger partial charge in [0.25, 0.3) is 5.91 Å². The van der Waals surface area contributed by atoms with Crippen molar-refractivity contribution in [2.24, 2.45) is 0 Å². The first-order valence-corrected chi connectivity index (χ1v) is 7.73. The lowest BCUT2D eigenvalue weighted by Crippen LogP contribution is -2.29. The number of benzene rings is 2. The van der Waals surface area contributed by atoms with Crippen LogP contribution >= 0.6 is 15.9 Å². The van der Waals surface area contributed by atoms with Gasteiger partial charge in [-0.15, -0.1) is 0 Å². The lowest BCUT2D eigenvalue weighted by molar-refractivity contribution is -0.123. The number of halogens is 1. The lowest BCUT2D eigenvalue weighted by Gasteiger charge is -2.08. The highest BCUT2D eigenvalue weighted by molar-refractivity contribution is 9.10. The Morgan fingerprint density at radius 2 is 1.76 bits per heavy atom. The summed E-state index contributed by atoms with van der Waals surface area (Å²) in [5, 5.41) is 2.86. The first-order valence-electron chi connectivity index (χ1n) is 6.93. The van der Waals surface area contributed by atoms with E-state index in [4.69, 9.17) is 4.74 Å². The number of rotatable bonds is 7. The maximum Gasteiger partial charge on any atom is 0.257 e. The second kappa shape index (κ2) is 8.47. The van der Waals surface area contributed by atoms with Crippen LogP contribution in [-0.4, -0.2) is 19.1 Å². The Bertz CT molecular complexity index is 572. The molecule has 0 spiro atoms. The Balaban J connectivity index is 1.63. The summed E-state index contributed by atoms with van der Waals surface area (Å²) in [7, 11) is 0. The third-order valence-electron chi connectivity index (χ3n) is 3.00. The van der Waals surface area contributed by atoms with Gasteiger partial charge in [0.1, 0.15) is 5.75 Å². The second-order valence-corrected chi connectivity index (χ2v) is 5.51. The molecule has 1 amide bonds. The Hall–Kier alpha value is -1.81. The fourth-order valence-corrected chi connectivity index (χ4v) is 2.32. The fraction of sp³-hybridized carbons (Fsp3) is 0.235. The van der Waals surface area contributed by atoms with E-state index in [0.29, 0.717) is 12.3 Å². The van der Waals surface area contributed by atoms with Crippen molar-refractivity contribution in [3.8, 4) is 5.75 Å². The summed E-state index contributed by atoms with van der Waals surface area (Å²) >= 11 is 3.38. The van der Waals surface area contributed by atoms with Gasteiger partial charge >= 0.3 is 0 Å². The Labute approximate surface area is 133 Å². The zero-order chi connectivity index (χ0) is 14.9. The van der Waals surface area contributed by atoms with Gasteiger partial charge in [-0.3, -0.25) is 4.79 Å². The van der Waals surface area contributed by atoms with Crippen LogP contribution in [0.25, 0.3) is 0 Å². The molecule has 1 N–H and O–H groups in total. The summed E-state index contributed by atoms with van der Waals surface area (Å²) in [5.41, 5.74) is 1.29. The summed E-state index contributed by atoms with van der Waals surface area (Å²) in [4.78, 5) is 11.7. The van der Waals surface area contributed by atoms with Gasteiger partial charge in [0.2, 0.25) is 0 Å². The molecule has 0 atom stereocenters. The van der Waals surface area contributed by atoms with E-state index in [9.17, 15) is 4.79 Å². The highest BCUT2D eigenvalue weighted by Crippen LogP contribution is 2.23. The minimum absolute atomic E-state index is 0.0357. The third kappa shape index (κ3) is 5.60. The number of para-hydroxylation sites is 1. The normalized spacial score (nSPS) is 10.1. The summed E-state index contributed by atoms with van der Waals surface area (Å²) in [6.45, 7) is 0.695. The number of carbonyl (C=O) groups excluding carboxylic acids is 1. The third-order valence-corrected chi connectivity index (χ3v) is 3.66. The van der Waals surface area contributed by atoms with Crippen molar-refractivity contribution in [2.75, 3.05) is 13.2 Å². The highest BCUT2D eigenvalue weighted by atomic mass is 79.9. The van der Waals surface area contributed by atoms with E-state index in [1.807, 2.05) is 42.5 Å². The molecule has 0 aliphatic carbocycles. The predicted molar refractivity (Wildman–Crippen MR) is 87.4 cm³/mol. The zero-order valence-electron chi connectivity index (χ0n) is 11.7. The molecule has 0 heterocycles. The van der Waals surface area contributed by atoms with Gasteiger partial charge in [-0.05, 0) is 46.5 Å². The van der Waals surface area contributed by atoms with Gasteiger partial charge in [0, 0.05) is 6.54 Å². The Kier molecular flexibility index (Phi) is 6.28. The molecule has 0 saturated carbocycles. The molecule has 110 valence electrons. The molecular formula is C17H18BrNO2. The van der Waals surface area contributed by atoms with Crippen LogP contribution in [0.5, 0.6) is 5.75 Å². The minimum atomic E-state index is -0.0983. The molecule has 4 heteroatoms. The molecule has 2 rings (SSSR count). The van der Waals surface area contributed by atoms with Crippen LogP contribution in [0.2, 0.25) is 0 Å². The molecule has 0 saturated heterocycles. The van der Waals surface area contributed by atoms with Crippen LogP contribution in [0.4, 0.5) is 0 Å². The van der Waals surface area contributed by atoms with Crippen LogP contribution in [0, 0.1) is 0 Å². The number of carbonyl (C=O) groups is 1. The number of ether oxygens (including phenoxy) is 1. The van der Waals surface area contributed by atoms with E-state index < -0.39 is 0 Å². The molecule has 0 aromatic heterocycles. The van der Waals surface area contributed by atoms with Gasteiger partial charge in [0.05, 0.1) is 4.47 Å². The van der Waals surface area contributed by atoms with Crippen molar-refractivity contribution < 1.29 is 9.53 Å². The maximum absolute atomic E-state index is 11.7. The van der Waals surface area contributed by atoms with E-state index in [1.54, 1.807) is 0 Å². The van der Waals surface area contributed by atoms with Crippen LogP contribution < -0.4 is 10.1 Å². The van der Waals surface area contributed by atoms with Gasteiger partial charge in [-0.25, -0.2) is 0 Å². The first kappa shape index (κ1) is 15.6. The molecule has 0 bridgehead atoms. The van der Waals surface area contributed by atoms with Gasteiger partial charge in [-0.1, -0.05) is 42.5 Å². The fourth-order valence-electron chi connectivity index (χ4n) is 1.92. The van der Waals surface area contributed by atoms with Gasteiger partial charge in [-0.2, -0.15) is 0 Å². The number of aryl methyl sites for hydroxylation is 1. The number of hydrogen-bond donors (Lipinski definition) is 1. The van der Waals surface area contributed by atoms with E-state index in [-0.39, 0.29) is 12.5 Å². The van der Waals surface area contributed by atoms with Crippen LogP contribution in [0.15, 0.2) is 59.1 Å². The Morgan fingerprint density at radius 3 is 2.52 bits per heavy atom.